The first-order valence-corrected chi connectivity index (χ1v) is 10.5. The fourth-order valence-corrected chi connectivity index (χ4v) is 4.62. The van der Waals surface area contributed by atoms with Crippen LogP contribution in [0.2, 0.25) is 0 Å². The summed E-state index contributed by atoms with van der Waals surface area (Å²) in [6, 6.07) is 0. The van der Waals surface area contributed by atoms with E-state index >= 15 is 0 Å². The minimum atomic E-state index is -4.54. The number of aromatic nitrogens is 6. The lowest BCUT2D eigenvalue weighted by Crippen LogP contribution is -2.61. The molecule has 33 heavy (non-hydrogen) atoms. The van der Waals surface area contributed by atoms with E-state index in [1.54, 1.807) is 11.1 Å². The van der Waals surface area contributed by atoms with Crippen molar-refractivity contribution in [2.45, 2.75) is 38.9 Å². The van der Waals surface area contributed by atoms with Crippen LogP contribution in [0.4, 0.5) is 33.5 Å². The van der Waals surface area contributed by atoms with Crippen molar-refractivity contribution in [2.24, 2.45) is 5.41 Å². The molecule has 2 fully saturated rings. The van der Waals surface area contributed by atoms with E-state index in [9.17, 15) is 22.0 Å². The quantitative estimate of drug-likeness (QED) is 0.544. The molecule has 0 aromatic carbocycles. The minimum absolute atomic E-state index is 0.0183. The van der Waals surface area contributed by atoms with Crippen LogP contribution in [-0.2, 0) is 12.7 Å². The van der Waals surface area contributed by atoms with Crippen LogP contribution in [0.15, 0.2) is 18.6 Å². The molecule has 0 bridgehead atoms. The predicted octanol–water partition coefficient (Wildman–Crippen LogP) is 3.32. The van der Waals surface area contributed by atoms with Crippen LogP contribution in [0.3, 0.4) is 0 Å². The topological polar surface area (TPSA) is 75.9 Å². The van der Waals surface area contributed by atoms with Crippen molar-refractivity contribution in [1.29, 1.82) is 0 Å². The number of nitrogens with zero attached hydrogens (tertiary/aromatic N) is 8. The lowest BCUT2D eigenvalue weighted by Gasteiger charge is -2.55. The summed E-state index contributed by atoms with van der Waals surface area (Å²) in [7, 11) is 0. The van der Waals surface area contributed by atoms with E-state index in [1.165, 1.54) is 19.3 Å². The molecule has 0 unspecified atom stereocenters. The monoisotopic (exact) mass is 468 g/mol. The van der Waals surface area contributed by atoms with Crippen molar-refractivity contribution in [3.8, 4) is 0 Å². The molecule has 0 saturated carbocycles. The number of alkyl halides is 5. The molecule has 0 atom stereocenters. The van der Waals surface area contributed by atoms with Gasteiger partial charge in [-0.3, -0.25) is 0 Å². The molecule has 176 valence electrons. The van der Waals surface area contributed by atoms with E-state index in [4.69, 9.17) is 0 Å². The second kappa shape index (κ2) is 7.73. The minimum Gasteiger partial charge on any atom is -0.367 e. The van der Waals surface area contributed by atoms with Gasteiger partial charge in [0.2, 0.25) is 0 Å². The Kier molecular flexibility index (Phi) is 5.09. The van der Waals surface area contributed by atoms with Gasteiger partial charge in [-0.05, 0) is 19.8 Å². The van der Waals surface area contributed by atoms with Crippen molar-refractivity contribution in [2.75, 3.05) is 36.0 Å². The first-order valence-electron chi connectivity index (χ1n) is 10.5. The van der Waals surface area contributed by atoms with Gasteiger partial charge in [0.15, 0.2) is 11.3 Å². The average Bonchev–Trinajstić information content (AvgIpc) is 3.13. The van der Waals surface area contributed by atoms with Gasteiger partial charge >= 0.3 is 6.18 Å². The molecule has 5 heterocycles. The second-order valence-electron chi connectivity index (χ2n) is 8.65. The molecule has 3 aromatic rings. The smallest absolute Gasteiger partial charge is 0.367 e. The summed E-state index contributed by atoms with van der Waals surface area (Å²) < 4.78 is 67.0. The van der Waals surface area contributed by atoms with Crippen LogP contribution in [0.1, 0.15) is 24.4 Å². The molecule has 13 heteroatoms. The number of halogens is 5. The summed E-state index contributed by atoms with van der Waals surface area (Å²) in [6.45, 7) is 3.18. The van der Waals surface area contributed by atoms with E-state index in [1.807, 2.05) is 4.90 Å². The first kappa shape index (κ1) is 21.7. The molecule has 0 N–H and O–H groups in total. The van der Waals surface area contributed by atoms with E-state index in [2.05, 4.69) is 25.0 Å². The third-order valence-electron chi connectivity index (χ3n) is 6.34. The van der Waals surface area contributed by atoms with Gasteiger partial charge in [-0.1, -0.05) is 0 Å². The van der Waals surface area contributed by atoms with Gasteiger partial charge in [-0.2, -0.15) is 18.3 Å². The zero-order valence-electron chi connectivity index (χ0n) is 17.7. The van der Waals surface area contributed by atoms with E-state index in [0.717, 1.165) is 17.5 Å². The van der Waals surface area contributed by atoms with Gasteiger partial charge < -0.3 is 9.80 Å². The highest BCUT2D eigenvalue weighted by atomic mass is 19.4. The number of hydrogen-bond donors (Lipinski definition) is 0. The number of anilines is 2. The number of rotatable bonds is 4. The Hall–Kier alpha value is -3.12. The summed E-state index contributed by atoms with van der Waals surface area (Å²) in [6.07, 6.45) is -1.29. The molecule has 2 aliphatic heterocycles. The predicted molar refractivity (Wildman–Crippen MR) is 109 cm³/mol. The fraction of sp³-hybridized carbons (Fsp3) is 0.550. The molecule has 1 spiro atoms. The van der Waals surface area contributed by atoms with Crippen LogP contribution in [0, 0.1) is 12.3 Å². The largest absolute Gasteiger partial charge is 0.435 e. The van der Waals surface area contributed by atoms with Crippen molar-refractivity contribution >= 4 is 22.7 Å². The van der Waals surface area contributed by atoms with Gasteiger partial charge in [0.25, 0.3) is 6.43 Å². The Morgan fingerprint density at radius 1 is 1.00 bits per heavy atom. The van der Waals surface area contributed by atoms with Gasteiger partial charge in [0.1, 0.15) is 23.7 Å². The van der Waals surface area contributed by atoms with Crippen LogP contribution in [0.25, 0.3) is 11.2 Å². The third kappa shape index (κ3) is 4.04. The van der Waals surface area contributed by atoms with Gasteiger partial charge in [-0.15, -0.1) is 0 Å². The molecule has 3 aromatic heterocycles. The number of fused-ring (bicyclic) bond motifs is 1. The van der Waals surface area contributed by atoms with Crippen LogP contribution < -0.4 is 9.80 Å². The summed E-state index contributed by atoms with van der Waals surface area (Å²) in [5.41, 5.74) is -0.208. The molecule has 2 aliphatic rings. The average molecular weight is 468 g/mol. The molecule has 0 amide bonds. The first-order chi connectivity index (χ1) is 15.6. The van der Waals surface area contributed by atoms with E-state index in [-0.39, 0.29) is 16.9 Å². The van der Waals surface area contributed by atoms with Crippen molar-refractivity contribution in [3.05, 3.63) is 30.1 Å². The number of aryl methyl sites for hydroxylation is 1. The SMILES string of the molecule is Cc1ncc(N2CC3(CCN(c4cnc5cnn(CC(F)F)c5n4)CC3)C2)c(C(F)(F)F)n1. The molecule has 8 nitrogen and oxygen atoms in total. The number of piperidine rings is 1. The molecule has 0 aliphatic carbocycles. The highest BCUT2D eigenvalue weighted by Crippen LogP contribution is 2.45. The summed E-state index contributed by atoms with van der Waals surface area (Å²) in [5, 5.41) is 3.93. The second-order valence-corrected chi connectivity index (χ2v) is 8.65. The van der Waals surface area contributed by atoms with Gasteiger partial charge in [-0.25, -0.2) is 33.4 Å². The third-order valence-corrected chi connectivity index (χ3v) is 6.34. The van der Waals surface area contributed by atoms with Crippen molar-refractivity contribution in [1.82, 2.24) is 29.7 Å². The van der Waals surface area contributed by atoms with Crippen LogP contribution in [-0.4, -0.2) is 62.3 Å². The maximum absolute atomic E-state index is 13.4. The lowest BCUT2D eigenvalue weighted by molar-refractivity contribution is -0.141. The van der Waals surface area contributed by atoms with E-state index < -0.39 is 24.8 Å². The zero-order chi connectivity index (χ0) is 23.4. The van der Waals surface area contributed by atoms with Crippen LogP contribution in [0.5, 0.6) is 0 Å². The summed E-state index contributed by atoms with van der Waals surface area (Å²) in [5.74, 6) is 0.665. The molecular formula is C20H21F5N8. The lowest BCUT2D eigenvalue weighted by atomic mass is 9.71. The normalized spacial score (nSPS) is 18.4. The Bertz CT molecular complexity index is 1160. The Balaban J connectivity index is 1.27. The van der Waals surface area contributed by atoms with Crippen molar-refractivity contribution < 1.29 is 22.0 Å². The highest BCUT2D eigenvalue weighted by Gasteiger charge is 2.48. The van der Waals surface area contributed by atoms with E-state index in [0.29, 0.717) is 43.2 Å². The zero-order valence-corrected chi connectivity index (χ0v) is 17.7. The Morgan fingerprint density at radius 3 is 2.39 bits per heavy atom. The number of hydrogen-bond acceptors (Lipinski definition) is 7. The van der Waals surface area contributed by atoms with Crippen molar-refractivity contribution in [3.63, 3.8) is 0 Å². The highest BCUT2D eigenvalue weighted by molar-refractivity contribution is 5.71. The summed E-state index contributed by atoms with van der Waals surface area (Å²) >= 11 is 0. The maximum Gasteiger partial charge on any atom is 0.435 e. The molecule has 5 rings (SSSR count). The van der Waals surface area contributed by atoms with Gasteiger partial charge in [0, 0.05) is 31.6 Å². The Labute approximate surface area is 185 Å². The summed E-state index contributed by atoms with van der Waals surface area (Å²) in [4.78, 5) is 20.1. The molecule has 2 saturated heterocycles. The standard InChI is InChI=1S/C20H21F5N8/c1-12-26-7-14(17(29-12)20(23,24)25)32-10-19(11-32)2-4-31(5-3-19)16-8-27-13-6-28-33(9-15(21)22)18(13)30-16/h6-8,15H,2-5,9-11H2,1H3. The Morgan fingerprint density at radius 2 is 1.73 bits per heavy atom. The van der Waals surface area contributed by atoms with Gasteiger partial charge in [0.05, 0.1) is 24.3 Å². The fourth-order valence-electron chi connectivity index (χ4n) is 4.62. The van der Waals surface area contributed by atoms with Crippen LogP contribution >= 0.6 is 0 Å². The molecule has 0 radical (unpaired) electrons. The maximum atomic E-state index is 13.4. The molecular weight excluding hydrogens is 447 g/mol.